The zero-order valence-corrected chi connectivity index (χ0v) is 18.6. The zero-order valence-electron chi connectivity index (χ0n) is 18.6. The van der Waals surface area contributed by atoms with E-state index in [4.69, 9.17) is 14.2 Å². The van der Waals surface area contributed by atoms with Crippen LogP contribution in [0.1, 0.15) is 30.0 Å². The van der Waals surface area contributed by atoms with Crippen LogP contribution in [0.25, 0.3) is 0 Å². The van der Waals surface area contributed by atoms with E-state index in [2.05, 4.69) is 16.3 Å². The highest BCUT2D eigenvalue weighted by Gasteiger charge is 2.28. The van der Waals surface area contributed by atoms with Crippen LogP contribution < -0.4 is 19.5 Å². The van der Waals surface area contributed by atoms with Crippen molar-refractivity contribution in [3.63, 3.8) is 0 Å². The molecule has 1 aliphatic heterocycles. The van der Waals surface area contributed by atoms with Gasteiger partial charge in [0.2, 0.25) is 11.7 Å². The van der Waals surface area contributed by atoms with Gasteiger partial charge in [-0.3, -0.25) is 9.69 Å². The van der Waals surface area contributed by atoms with E-state index in [1.165, 1.54) is 33.5 Å². The number of nitrogens with zero attached hydrogens (tertiary/aromatic N) is 2. The standard InChI is InChI=1S/C24H28FN3O4/c1-30-21-11-18(12-22(31-2)23(21)32-3)20(13-26)27-24(29)17-7-5-9-28(15-17)14-16-6-4-8-19(25)10-16/h4,6,8,10-12,17,20H,5,7,9,14-15H2,1-3H3,(H,27,29). The molecule has 2 aromatic rings. The summed E-state index contributed by atoms with van der Waals surface area (Å²) < 4.78 is 29.5. The number of nitrogens with one attached hydrogen (secondary N) is 1. The third-order valence-corrected chi connectivity index (χ3v) is 5.61. The van der Waals surface area contributed by atoms with Gasteiger partial charge in [-0.1, -0.05) is 12.1 Å². The molecule has 0 radical (unpaired) electrons. The molecule has 0 aromatic heterocycles. The minimum Gasteiger partial charge on any atom is -0.493 e. The van der Waals surface area contributed by atoms with Crippen LogP contribution in [0.5, 0.6) is 17.2 Å². The highest BCUT2D eigenvalue weighted by molar-refractivity contribution is 5.80. The van der Waals surface area contributed by atoms with Crippen LogP contribution in [-0.2, 0) is 11.3 Å². The predicted octanol–water partition coefficient (Wildman–Crippen LogP) is 3.44. The summed E-state index contributed by atoms with van der Waals surface area (Å²) in [5.74, 6) is 0.535. The minimum absolute atomic E-state index is 0.186. The van der Waals surface area contributed by atoms with Crippen molar-refractivity contribution < 1.29 is 23.4 Å². The van der Waals surface area contributed by atoms with Gasteiger partial charge in [-0.25, -0.2) is 4.39 Å². The third kappa shape index (κ3) is 5.48. The first kappa shape index (κ1) is 23.4. The predicted molar refractivity (Wildman–Crippen MR) is 117 cm³/mol. The van der Waals surface area contributed by atoms with E-state index < -0.39 is 6.04 Å². The maximum atomic E-state index is 13.5. The molecule has 1 heterocycles. The number of likely N-dealkylation sites (tertiary alicyclic amines) is 1. The summed E-state index contributed by atoms with van der Waals surface area (Å²) in [4.78, 5) is 15.1. The number of methoxy groups -OCH3 is 3. The smallest absolute Gasteiger partial charge is 0.225 e. The molecule has 0 saturated carbocycles. The summed E-state index contributed by atoms with van der Waals surface area (Å²) in [6.07, 6.45) is 1.59. The summed E-state index contributed by atoms with van der Waals surface area (Å²) in [7, 11) is 4.49. The average molecular weight is 442 g/mol. The van der Waals surface area contributed by atoms with E-state index >= 15 is 0 Å². The molecule has 3 rings (SSSR count). The second-order valence-corrected chi connectivity index (χ2v) is 7.73. The lowest BCUT2D eigenvalue weighted by molar-refractivity contribution is -0.127. The molecule has 1 N–H and O–H groups in total. The number of benzene rings is 2. The van der Waals surface area contributed by atoms with Crippen molar-refractivity contribution in [1.82, 2.24) is 10.2 Å². The molecule has 2 aromatic carbocycles. The van der Waals surface area contributed by atoms with Crippen molar-refractivity contribution in [3.05, 3.63) is 53.3 Å². The second-order valence-electron chi connectivity index (χ2n) is 7.73. The molecule has 2 unspecified atom stereocenters. The number of amides is 1. The molecule has 0 spiro atoms. The van der Waals surface area contributed by atoms with Gasteiger partial charge in [0.05, 0.1) is 33.3 Å². The third-order valence-electron chi connectivity index (χ3n) is 5.61. The van der Waals surface area contributed by atoms with Crippen LogP contribution in [0.2, 0.25) is 0 Å². The van der Waals surface area contributed by atoms with E-state index in [1.54, 1.807) is 18.2 Å². The van der Waals surface area contributed by atoms with Crippen LogP contribution in [-0.4, -0.2) is 45.2 Å². The molecule has 2 atom stereocenters. The van der Waals surface area contributed by atoms with Crippen LogP contribution in [0.15, 0.2) is 36.4 Å². The quantitative estimate of drug-likeness (QED) is 0.676. The van der Waals surface area contributed by atoms with Crippen LogP contribution in [0, 0.1) is 23.1 Å². The minimum atomic E-state index is -0.866. The van der Waals surface area contributed by atoms with Gasteiger partial charge in [-0.05, 0) is 54.8 Å². The maximum absolute atomic E-state index is 13.5. The SMILES string of the molecule is COc1cc(C(C#N)NC(=O)C2CCCN(Cc3cccc(F)c3)C2)cc(OC)c1OC. The average Bonchev–Trinajstić information content (AvgIpc) is 2.81. The number of carbonyl (C=O) groups is 1. The number of hydrogen-bond acceptors (Lipinski definition) is 6. The second kappa shape index (κ2) is 10.8. The van der Waals surface area contributed by atoms with Gasteiger partial charge in [-0.2, -0.15) is 5.26 Å². The van der Waals surface area contributed by atoms with Crippen molar-refractivity contribution in [2.75, 3.05) is 34.4 Å². The molecule has 1 fully saturated rings. The summed E-state index contributed by atoms with van der Waals surface area (Å²) >= 11 is 0. The van der Waals surface area contributed by atoms with Gasteiger partial charge in [0.1, 0.15) is 11.9 Å². The number of piperidine rings is 1. The molecule has 8 heteroatoms. The highest BCUT2D eigenvalue weighted by atomic mass is 19.1. The normalized spacial score (nSPS) is 17.2. The fourth-order valence-corrected chi connectivity index (χ4v) is 4.02. The lowest BCUT2D eigenvalue weighted by Crippen LogP contribution is -2.43. The largest absolute Gasteiger partial charge is 0.493 e. The van der Waals surface area contributed by atoms with Crippen LogP contribution >= 0.6 is 0 Å². The lowest BCUT2D eigenvalue weighted by Gasteiger charge is -2.32. The monoisotopic (exact) mass is 441 g/mol. The fraction of sp³-hybridized carbons (Fsp3) is 0.417. The van der Waals surface area contributed by atoms with Crippen molar-refractivity contribution in [2.45, 2.75) is 25.4 Å². The molecule has 32 heavy (non-hydrogen) atoms. The Kier molecular flexibility index (Phi) is 7.90. The first-order valence-corrected chi connectivity index (χ1v) is 10.5. The van der Waals surface area contributed by atoms with Gasteiger partial charge < -0.3 is 19.5 Å². The summed E-state index contributed by atoms with van der Waals surface area (Å²) in [5.41, 5.74) is 1.42. The number of halogens is 1. The fourth-order valence-electron chi connectivity index (χ4n) is 4.02. The molecule has 0 bridgehead atoms. The van der Waals surface area contributed by atoms with Crippen molar-refractivity contribution >= 4 is 5.91 Å². The van der Waals surface area contributed by atoms with Gasteiger partial charge >= 0.3 is 0 Å². The van der Waals surface area contributed by atoms with Crippen molar-refractivity contribution in [3.8, 4) is 23.3 Å². The van der Waals surface area contributed by atoms with E-state index in [1.807, 2.05) is 6.07 Å². The summed E-state index contributed by atoms with van der Waals surface area (Å²) in [6.45, 7) is 1.97. The molecular formula is C24H28FN3O4. The molecule has 1 amide bonds. The Bertz CT molecular complexity index is 966. The Morgan fingerprint density at radius 1 is 1.22 bits per heavy atom. The Morgan fingerprint density at radius 3 is 2.53 bits per heavy atom. The Morgan fingerprint density at radius 2 is 1.94 bits per heavy atom. The highest BCUT2D eigenvalue weighted by Crippen LogP contribution is 2.39. The van der Waals surface area contributed by atoms with E-state index in [0.717, 1.165) is 24.9 Å². The molecular weight excluding hydrogens is 413 g/mol. The Balaban J connectivity index is 1.70. The molecule has 1 saturated heterocycles. The van der Waals surface area contributed by atoms with Gasteiger partial charge in [0.15, 0.2) is 11.5 Å². The van der Waals surface area contributed by atoms with Crippen LogP contribution in [0.3, 0.4) is 0 Å². The number of hydrogen-bond donors (Lipinski definition) is 1. The molecule has 1 aliphatic rings. The number of carbonyl (C=O) groups excluding carboxylic acids is 1. The lowest BCUT2D eigenvalue weighted by atomic mass is 9.95. The molecule has 170 valence electrons. The summed E-state index contributed by atoms with van der Waals surface area (Å²) in [5, 5.41) is 12.6. The summed E-state index contributed by atoms with van der Waals surface area (Å²) in [6, 6.07) is 11.1. The number of rotatable bonds is 8. The van der Waals surface area contributed by atoms with Crippen molar-refractivity contribution in [2.24, 2.45) is 5.92 Å². The van der Waals surface area contributed by atoms with Gasteiger partial charge in [0.25, 0.3) is 0 Å². The van der Waals surface area contributed by atoms with E-state index in [9.17, 15) is 14.4 Å². The van der Waals surface area contributed by atoms with Crippen molar-refractivity contribution in [1.29, 1.82) is 5.26 Å². The van der Waals surface area contributed by atoms with Crippen LogP contribution in [0.4, 0.5) is 4.39 Å². The molecule has 7 nitrogen and oxygen atoms in total. The number of ether oxygens (including phenoxy) is 3. The number of nitriles is 1. The van der Waals surface area contributed by atoms with Gasteiger partial charge in [0, 0.05) is 13.1 Å². The van der Waals surface area contributed by atoms with Gasteiger partial charge in [-0.15, -0.1) is 0 Å². The van der Waals surface area contributed by atoms with E-state index in [-0.39, 0.29) is 17.6 Å². The topological polar surface area (TPSA) is 83.8 Å². The first-order chi connectivity index (χ1) is 15.5. The van der Waals surface area contributed by atoms with E-state index in [0.29, 0.717) is 35.9 Å². The Hall–Kier alpha value is -3.31. The Labute approximate surface area is 187 Å². The maximum Gasteiger partial charge on any atom is 0.225 e. The zero-order chi connectivity index (χ0) is 23.1. The molecule has 0 aliphatic carbocycles. The first-order valence-electron chi connectivity index (χ1n) is 10.5.